The van der Waals surface area contributed by atoms with Crippen LogP contribution in [0.25, 0.3) is 0 Å². The third kappa shape index (κ3) is 3.23. The van der Waals surface area contributed by atoms with Crippen LogP contribution in [0.5, 0.6) is 0 Å². The molecule has 0 unspecified atom stereocenters. The van der Waals surface area contributed by atoms with Crippen molar-refractivity contribution in [3.8, 4) is 6.07 Å². The third-order valence-electron chi connectivity index (χ3n) is 3.07. The van der Waals surface area contributed by atoms with Gasteiger partial charge in [0.25, 0.3) is 0 Å². The van der Waals surface area contributed by atoms with Gasteiger partial charge in [-0.2, -0.15) is 5.26 Å². The Labute approximate surface area is 120 Å². The molecule has 0 aromatic heterocycles. The Kier molecular flexibility index (Phi) is 4.72. The molecule has 0 amide bonds. The molecule has 0 bridgehead atoms. The molecule has 100 valence electrons. The molecule has 1 aliphatic rings. The Bertz CT molecular complexity index is 481. The van der Waals surface area contributed by atoms with Crippen LogP contribution in [0.4, 0.5) is 0 Å². The van der Waals surface area contributed by atoms with Crippen LogP contribution in [0.1, 0.15) is 17.9 Å². The number of thioether (sulfide) groups is 2. The Morgan fingerprint density at radius 3 is 2.53 bits per heavy atom. The summed E-state index contributed by atoms with van der Waals surface area (Å²) < 4.78 is -0.729. The van der Waals surface area contributed by atoms with Crippen molar-refractivity contribution >= 4 is 23.5 Å². The van der Waals surface area contributed by atoms with Gasteiger partial charge >= 0.3 is 0 Å². The van der Waals surface area contributed by atoms with Crippen LogP contribution in [-0.2, 0) is 0 Å². The average Bonchev–Trinajstić information content (AvgIpc) is 2.46. The van der Waals surface area contributed by atoms with Crippen molar-refractivity contribution in [2.75, 3.05) is 18.1 Å². The molecule has 0 N–H and O–H groups in total. The van der Waals surface area contributed by atoms with Crippen molar-refractivity contribution < 1.29 is 4.92 Å². The lowest BCUT2D eigenvalue weighted by Gasteiger charge is -2.34. The number of rotatable bonds is 4. The fraction of sp³-hybridized carbons (Fsp3) is 0.462. The minimum Gasteiger partial charge on any atom is -0.265 e. The first-order valence-corrected chi connectivity index (χ1v) is 8.01. The van der Waals surface area contributed by atoms with Gasteiger partial charge in [0.15, 0.2) is 4.08 Å². The Morgan fingerprint density at radius 1 is 1.37 bits per heavy atom. The van der Waals surface area contributed by atoms with E-state index in [1.165, 1.54) is 0 Å². The van der Waals surface area contributed by atoms with Crippen molar-refractivity contribution in [3.63, 3.8) is 0 Å². The second kappa shape index (κ2) is 6.31. The van der Waals surface area contributed by atoms with Gasteiger partial charge in [0.1, 0.15) is 0 Å². The molecule has 1 heterocycles. The van der Waals surface area contributed by atoms with Gasteiger partial charge in [-0.05, 0) is 23.5 Å². The van der Waals surface area contributed by atoms with Gasteiger partial charge in [-0.15, -0.1) is 23.5 Å². The number of nitriles is 1. The van der Waals surface area contributed by atoms with Crippen LogP contribution in [0, 0.1) is 21.4 Å². The second-order valence-electron chi connectivity index (χ2n) is 4.31. The number of benzene rings is 1. The fourth-order valence-corrected chi connectivity index (χ4v) is 5.32. The molecular formula is C13H14N2O2S2. The monoisotopic (exact) mass is 294 g/mol. The van der Waals surface area contributed by atoms with E-state index in [4.69, 9.17) is 0 Å². The Hall–Kier alpha value is -1.19. The Morgan fingerprint density at radius 2 is 2.00 bits per heavy atom. The highest BCUT2D eigenvalue weighted by Crippen LogP contribution is 2.50. The van der Waals surface area contributed by atoms with Gasteiger partial charge in [0.05, 0.1) is 12.0 Å². The molecule has 6 heteroatoms. The number of nitrogens with zero attached hydrogens (tertiary/aromatic N) is 2. The van der Waals surface area contributed by atoms with E-state index in [1.54, 1.807) is 23.5 Å². The molecule has 0 radical (unpaired) electrons. The summed E-state index contributed by atoms with van der Waals surface area (Å²) >= 11 is 3.11. The normalized spacial score (nSPS) is 19.3. The highest BCUT2D eigenvalue weighted by molar-refractivity contribution is 8.19. The van der Waals surface area contributed by atoms with Gasteiger partial charge in [0, 0.05) is 4.92 Å². The van der Waals surface area contributed by atoms with Gasteiger partial charge in [-0.25, -0.2) is 0 Å². The number of hydrogen-bond acceptors (Lipinski definition) is 5. The smallest absolute Gasteiger partial charge is 0.213 e. The molecule has 0 spiro atoms. The zero-order valence-corrected chi connectivity index (χ0v) is 12.0. The van der Waals surface area contributed by atoms with Gasteiger partial charge in [0.2, 0.25) is 6.54 Å². The van der Waals surface area contributed by atoms with Crippen LogP contribution in [0.3, 0.4) is 0 Å². The second-order valence-corrected chi connectivity index (χ2v) is 7.25. The first kappa shape index (κ1) is 14.2. The minimum absolute atomic E-state index is 0.197. The summed E-state index contributed by atoms with van der Waals surface area (Å²) in [6.45, 7) is -0.197. The van der Waals surface area contributed by atoms with Gasteiger partial charge in [-0.3, -0.25) is 10.1 Å². The predicted molar refractivity (Wildman–Crippen MR) is 78.9 cm³/mol. The molecule has 0 aliphatic carbocycles. The quantitative estimate of drug-likeness (QED) is 0.630. The third-order valence-corrected chi connectivity index (χ3v) is 6.37. The van der Waals surface area contributed by atoms with E-state index in [0.717, 1.165) is 23.5 Å². The summed E-state index contributed by atoms with van der Waals surface area (Å²) in [5.41, 5.74) is 0.877. The summed E-state index contributed by atoms with van der Waals surface area (Å²) in [4.78, 5) is 10.6. The van der Waals surface area contributed by atoms with E-state index >= 15 is 0 Å². The van der Waals surface area contributed by atoms with E-state index in [2.05, 4.69) is 6.07 Å². The maximum absolute atomic E-state index is 11.0. The summed E-state index contributed by atoms with van der Waals surface area (Å²) in [5.74, 6) is 1.41. The summed E-state index contributed by atoms with van der Waals surface area (Å²) in [6, 6.07) is 11.7. The lowest BCUT2D eigenvalue weighted by molar-refractivity contribution is -0.483. The molecule has 1 fully saturated rings. The number of hydrogen-bond donors (Lipinski definition) is 0. The zero-order chi connectivity index (χ0) is 13.7. The van der Waals surface area contributed by atoms with Crippen molar-refractivity contribution in [1.82, 2.24) is 0 Å². The largest absolute Gasteiger partial charge is 0.265 e. The van der Waals surface area contributed by atoms with E-state index in [1.807, 2.05) is 30.3 Å². The molecule has 1 aliphatic heterocycles. The molecule has 0 saturated carbocycles. The van der Waals surface area contributed by atoms with Crippen molar-refractivity contribution in [1.29, 1.82) is 5.26 Å². The zero-order valence-electron chi connectivity index (χ0n) is 10.3. The summed E-state index contributed by atoms with van der Waals surface area (Å²) in [5, 5.41) is 20.5. The molecule has 1 atom stereocenters. The average molecular weight is 294 g/mol. The van der Waals surface area contributed by atoms with E-state index < -0.39 is 4.08 Å². The van der Waals surface area contributed by atoms with Crippen molar-refractivity contribution in [3.05, 3.63) is 46.0 Å². The SMILES string of the molecule is N#CC1([C@@H](C[N+](=O)[O-])c2ccccc2)SCCCS1. The first-order chi connectivity index (χ1) is 9.18. The highest BCUT2D eigenvalue weighted by Gasteiger charge is 2.45. The highest BCUT2D eigenvalue weighted by atomic mass is 32.2. The first-order valence-electron chi connectivity index (χ1n) is 6.04. The van der Waals surface area contributed by atoms with Crippen LogP contribution in [0.15, 0.2) is 30.3 Å². The van der Waals surface area contributed by atoms with Crippen LogP contribution < -0.4 is 0 Å². The van der Waals surface area contributed by atoms with Crippen LogP contribution >= 0.6 is 23.5 Å². The maximum Gasteiger partial charge on any atom is 0.213 e. The van der Waals surface area contributed by atoms with Gasteiger partial charge < -0.3 is 0 Å². The van der Waals surface area contributed by atoms with Crippen molar-refractivity contribution in [2.24, 2.45) is 0 Å². The summed E-state index contributed by atoms with van der Waals surface area (Å²) in [7, 11) is 0. The molecule has 2 rings (SSSR count). The molecule has 4 nitrogen and oxygen atoms in total. The van der Waals surface area contributed by atoms with E-state index in [-0.39, 0.29) is 17.4 Å². The molecule has 1 aromatic rings. The van der Waals surface area contributed by atoms with E-state index in [0.29, 0.717) is 0 Å². The number of nitro groups is 1. The Balaban J connectivity index is 2.36. The lowest BCUT2D eigenvalue weighted by atomic mass is 9.95. The predicted octanol–water partition coefficient (Wildman–Crippen LogP) is 3.14. The molecule has 1 saturated heterocycles. The standard InChI is InChI=1S/C13H14N2O2S2/c14-10-13(18-7-4-8-19-13)12(9-15(16)17)11-5-2-1-3-6-11/h1-3,5-6,12H,4,7-9H2/t12-/m0/s1. The van der Waals surface area contributed by atoms with E-state index in [9.17, 15) is 15.4 Å². The molecular weight excluding hydrogens is 280 g/mol. The van der Waals surface area contributed by atoms with Gasteiger partial charge in [-0.1, -0.05) is 30.3 Å². The summed E-state index contributed by atoms with van der Waals surface area (Å²) in [6.07, 6.45) is 1.05. The molecule has 1 aromatic carbocycles. The lowest BCUT2D eigenvalue weighted by Crippen LogP contribution is -2.35. The molecule has 19 heavy (non-hydrogen) atoms. The van der Waals surface area contributed by atoms with Crippen LogP contribution in [0.2, 0.25) is 0 Å². The van der Waals surface area contributed by atoms with Crippen molar-refractivity contribution in [2.45, 2.75) is 16.4 Å². The van der Waals surface area contributed by atoms with Crippen LogP contribution in [-0.4, -0.2) is 27.1 Å². The fourth-order valence-electron chi connectivity index (χ4n) is 2.17. The minimum atomic E-state index is -0.729. The topological polar surface area (TPSA) is 66.9 Å². The maximum atomic E-state index is 11.0.